The van der Waals surface area contributed by atoms with Crippen LogP contribution in [0.5, 0.6) is 11.5 Å². The van der Waals surface area contributed by atoms with Gasteiger partial charge >= 0.3 is 132 Å². The van der Waals surface area contributed by atoms with E-state index in [9.17, 15) is 0 Å². The van der Waals surface area contributed by atoms with Crippen LogP contribution in [0.1, 0.15) is 0 Å². The first-order chi connectivity index (χ1) is 9.95. The second-order valence-electron chi connectivity index (χ2n) is 3.97. The Labute approximate surface area is 131 Å². The first-order valence-corrected chi connectivity index (χ1v) is 13.3. The molecule has 0 unspecified atom stereocenters. The molecule has 2 aromatic rings. The second-order valence-corrected chi connectivity index (χ2v) is 11.8. The van der Waals surface area contributed by atoms with Crippen LogP contribution in [0.2, 0.25) is 10.6 Å². The third-order valence-corrected chi connectivity index (χ3v) is 9.64. The second kappa shape index (κ2) is 9.90. The van der Waals surface area contributed by atoms with Crippen molar-refractivity contribution in [1.29, 1.82) is 0 Å². The quantitative estimate of drug-likeness (QED) is 0.475. The number of benzene rings is 2. The summed E-state index contributed by atoms with van der Waals surface area (Å²) in [6.45, 7) is 1.68. The summed E-state index contributed by atoms with van der Waals surface area (Å²) in [6.07, 6.45) is 0. The molecule has 2 nitrogen and oxygen atoms in total. The summed E-state index contributed by atoms with van der Waals surface area (Å²) in [5, 5.41) is 2.38. The van der Waals surface area contributed by atoms with E-state index in [1.54, 1.807) is 0 Å². The molecule has 0 saturated heterocycles. The van der Waals surface area contributed by atoms with Gasteiger partial charge in [0.25, 0.3) is 0 Å². The zero-order chi connectivity index (χ0) is 13.9. The van der Waals surface area contributed by atoms with Crippen molar-refractivity contribution in [2.45, 2.75) is 10.6 Å². The van der Waals surface area contributed by atoms with Crippen LogP contribution in [-0.4, -0.2) is 39.5 Å². The van der Waals surface area contributed by atoms with E-state index in [1.807, 2.05) is 60.7 Å². The summed E-state index contributed by atoms with van der Waals surface area (Å²) in [5.41, 5.74) is 0. The van der Waals surface area contributed by atoms with Crippen molar-refractivity contribution in [1.82, 2.24) is 0 Å². The van der Waals surface area contributed by atoms with Crippen molar-refractivity contribution < 1.29 is 9.47 Å². The maximum atomic E-state index is 5.68. The molecule has 2 aromatic carbocycles. The predicted octanol–water partition coefficient (Wildman–Crippen LogP) is 3.30. The number of hydrogen-bond donors (Lipinski definition) is 0. The number of ether oxygens (including phenoxy) is 2. The SMILES string of the molecule is c1ccc(OCC[Se][Se]CCOc2ccccc2)cc1. The van der Waals surface area contributed by atoms with Crippen molar-refractivity contribution >= 4 is 26.3 Å². The average molecular weight is 400 g/mol. The first kappa shape index (κ1) is 15.5. The molecule has 0 saturated carbocycles. The fourth-order valence-corrected chi connectivity index (χ4v) is 6.72. The number of para-hydroxylation sites is 2. The van der Waals surface area contributed by atoms with Gasteiger partial charge in [0, 0.05) is 0 Å². The summed E-state index contributed by atoms with van der Waals surface area (Å²) < 4.78 is 11.4. The van der Waals surface area contributed by atoms with Gasteiger partial charge in [-0.2, -0.15) is 0 Å². The molecular formula is C16H18O2Se2. The monoisotopic (exact) mass is 402 g/mol. The minimum absolute atomic E-state index is 0.710. The van der Waals surface area contributed by atoms with Crippen LogP contribution in [-0.2, 0) is 0 Å². The maximum absolute atomic E-state index is 5.68. The molecule has 0 fully saturated rings. The molecule has 106 valence electrons. The molecule has 0 spiro atoms. The van der Waals surface area contributed by atoms with Gasteiger partial charge in [0.1, 0.15) is 0 Å². The van der Waals surface area contributed by atoms with Gasteiger partial charge in [-0.3, -0.25) is 0 Å². The van der Waals surface area contributed by atoms with Gasteiger partial charge in [0.05, 0.1) is 0 Å². The molecular weight excluding hydrogens is 382 g/mol. The Hall–Kier alpha value is -0.921. The molecule has 20 heavy (non-hydrogen) atoms. The summed E-state index contributed by atoms with van der Waals surface area (Å²) in [5.74, 6) is 1.95. The molecule has 4 heteroatoms. The normalized spacial score (nSPS) is 10.2. The van der Waals surface area contributed by atoms with E-state index >= 15 is 0 Å². The van der Waals surface area contributed by atoms with Crippen molar-refractivity contribution in [3.63, 3.8) is 0 Å². The van der Waals surface area contributed by atoms with Crippen LogP contribution in [0.4, 0.5) is 0 Å². The van der Waals surface area contributed by atoms with Gasteiger partial charge in [0.2, 0.25) is 0 Å². The third-order valence-electron chi connectivity index (χ3n) is 2.44. The van der Waals surface area contributed by atoms with E-state index in [-0.39, 0.29) is 0 Å². The van der Waals surface area contributed by atoms with Crippen LogP contribution < -0.4 is 9.47 Å². The van der Waals surface area contributed by atoms with Crippen LogP contribution in [0, 0.1) is 0 Å². The van der Waals surface area contributed by atoms with E-state index in [4.69, 9.17) is 9.47 Å². The van der Waals surface area contributed by atoms with Gasteiger partial charge in [-0.15, -0.1) is 0 Å². The van der Waals surface area contributed by atoms with Crippen LogP contribution in [0.25, 0.3) is 0 Å². The fraction of sp³-hybridized carbons (Fsp3) is 0.250. The van der Waals surface area contributed by atoms with Gasteiger partial charge in [-0.1, -0.05) is 0 Å². The van der Waals surface area contributed by atoms with Crippen molar-refractivity contribution in [2.24, 2.45) is 0 Å². The van der Waals surface area contributed by atoms with Gasteiger partial charge in [-0.25, -0.2) is 0 Å². The Morgan fingerprint density at radius 1 is 0.600 bits per heavy atom. The van der Waals surface area contributed by atoms with Gasteiger partial charge in [0.15, 0.2) is 0 Å². The summed E-state index contributed by atoms with van der Waals surface area (Å²) >= 11 is 1.42. The van der Waals surface area contributed by atoms with Crippen LogP contribution in [0.3, 0.4) is 0 Å². The molecule has 0 atom stereocenters. The average Bonchev–Trinajstić information content (AvgIpc) is 2.52. The molecule has 0 aliphatic rings. The van der Waals surface area contributed by atoms with E-state index in [0.717, 1.165) is 24.7 Å². The molecule has 0 amide bonds. The molecule has 0 radical (unpaired) electrons. The van der Waals surface area contributed by atoms with E-state index in [0.29, 0.717) is 26.3 Å². The zero-order valence-electron chi connectivity index (χ0n) is 11.2. The first-order valence-electron chi connectivity index (χ1n) is 6.55. The van der Waals surface area contributed by atoms with E-state index in [2.05, 4.69) is 0 Å². The fourth-order valence-electron chi connectivity index (χ4n) is 1.54. The molecule has 0 aliphatic carbocycles. The number of hydrogen-bond acceptors (Lipinski definition) is 2. The Morgan fingerprint density at radius 3 is 1.40 bits per heavy atom. The Morgan fingerprint density at radius 2 is 1.00 bits per heavy atom. The van der Waals surface area contributed by atoms with Gasteiger partial charge < -0.3 is 0 Å². The topological polar surface area (TPSA) is 18.5 Å². The molecule has 0 aromatic heterocycles. The molecule has 2 rings (SSSR count). The molecule has 0 bridgehead atoms. The third kappa shape index (κ3) is 6.49. The van der Waals surface area contributed by atoms with Crippen molar-refractivity contribution in [3.05, 3.63) is 60.7 Å². The van der Waals surface area contributed by atoms with Gasteiger partial charge in [-0.05, 0) is 0 Å². The molecule has 0 N–H and O–H groups in total. The minimum atomic E-state index is 0.710. The van der Waals surface area contributed by atoms with Crippen LogP contribution in [0.15, 0.2) is 60.7 Å². The Kier molecular flexibility index (Phi) is 7.66. The molecule has 0 aliphatic heterocycles. The zero-order valence-corrected chi connectivity index (χ0v) is 14.7. The van der Waals surface area contributed by atoms with Crippen LogP contribution >= 0.6 is 0 Å². The molecule has 0 heterocycles. The van der Waals surface area contributed by atoms with Crippen molar-refractivity contribution in [2.75, 3.05) is 13.2 Å². The Balaban J connectivity index is 1.44. The summed E-state index contributed by atoms with van der Waals surface area (Å²) in [4.78, 5) is 0. The van der Waals surface area contributed by atoms with Crippen molar-refractivity contribution in [3.8, 4) is 11.5 Å². The standard InChI is InChI=1S/C16H18O2Se2/c1-3-7-15(8-4-1)17-11-13-19-20-14-12-18-16-9-5-2-6-10-16/h1-10H,11-14H2. The summed E-state index contributed by atoms with van der Waals surface area (Å²) in [7, 11) is 0. The Bertz CT molecular complexity index is 417. The van der Waals surface area contributed by atoms with E-state index in [1.165, 1.54) is 10.6 Å². The van der Waals surface area contributed by atoms with E-state index < -0.39 is 0 Å². The summed E-state index contributed by atoms with van der Waals surface area (Å²) in [6, 6.07) is 20.1. The predicted molar refractivity (Wildman–Crippen MR) is 85.0 cm³/mol. The number of rotatable bonds is 9.